The van der Waals surface area contributed by atoms with Crippen LogP contribution in [0.25, 0.3) is 21.8 Å². The van der Waals surface area contributed by atoms with E-state index in [1.165, 1.54) is 9.79 Å². The Morgan fingerprint density at radius 2 is 0.821 bits per heavy atom. The first-order valence-electron chi connectivity index (χ1n) is 9.01. The molecule has 0 radical (unpaired) electrons. The highest BCUT2D eigenvalue weighted by atomic mass is 32.2. The second kappa shape index (κ2) is 7.66. The predicted molar refractivity (Wildman–Crippen MR) is 118 cm³/mol. The molecular weight excluding hydrogens is 380 g/mol. The zero-order valence-corrected chi connectivity index (χ0v) is 16.6. The maximum Gasteiger partial charge on any atom is 0.102 e. The van der Waals surface area contributed by atoms with Crippen LogP contribution >= 0.6 is 23.5 Å². The van der Waals surface area contributed by atoms with Gasteiger partial charge in [-0.25, -0.2) is 9.97 Å². The molecule has 2 nitrogen and oxygen atoms in total. The number of fused-ring (bicyclic) bond motifs is 3. The van der Waals surface area contributed by atoms with Crippen LogP contribution in [0.4, 0.5) is 0 Å². The zero-order valence-electron chi connectivity index (χ0n) is 14.9. The Bertz CT molecular complexity index is 1160. The van der Waals surface area contributed by atoms with E-state index in [1.807, 2.05) is 36.4 Å². The summed E-state index contributed by atoms with van der Waals surface area (Å²) in [5, 5.41) is 4.18. The van der Waals surface area contributed by atoms with Gasteiger partial charge in [-0.05, 0) is 36.4 Å². The number of nitrogens with zero attached hydrogens (tertiary/aromatic N) is 2. The molecule has 0 N–H and O–H groups in total. The molecule has 0 spiro atoms. The average molecular weight is 397 g/mol. The van der Waals surface area contributed by atoms with Gasteiger partial charge in [-0.3, -0.25) is 0 Å². The molecule has 28 heavy (non-hydrogen) atoms. The van der Waals surface area contributed by atoms with Crippen molar-refractivity contribution >= 4 is 45.3 Å². The first-order valence-corrected chi connectivity index (χ1v) is 10.6. The minimum atomic E-state index is 0.953. The van der Waals surface area contributed by atoms with Gasteiger partial charge in [0.05, 0.1) is 11.0 Å². The average Bonchev–Trinajstić information content (AvgIpc) is 2.75. The van der Waals surface area contributed by atoms with Crippen molar-refractivity contribution in [3.05, 3.63) is 97.1 Å². The zero-order chi connectivity index (χ0) is 18.8. The van der Waals surface area contributed by atoms with E-state index in [1.54, 1.807) is 23.5 Å². The molecule has 134 valence electrons. The van der Waals surface area contributed by atoms with E-state index in [0.29, 0.717) is 0 Å². The predicted octanol–water partition coefficient (Wildman–Crippen LogP) is 7.09. The van der Waals surface area contributed by atoms with Gasteiger partial charge >= 0.3 is 0 Å². The molecule has 2 aromatic heterocycles. The van der Waals surface area contributed by atoms with Crippen molar-refractivity contribution < 1.29 is 0 Å². The summed E-state index contributed by atoms with van der Waals surface area (Å²) in [7, 11) is 0. The number of hydrogen-bond acceptors (Lipinski definition) is 4. The van der Waals surface area contributed by atoms with E-state index in [0.717, 1.165) is 31.9 Å². The summed E-state index contributed by atoms with van der Waals surface area (Å²) < 4.78 is 0. The SMILES string of the molecule is c1ccc(Sc2ccc3ccc4ccc(Sc5ccccc5)nc4c3n2)cc1. The maximum absolute atomic E-state index is 4.94. The Kier molecular flexibility index (Phi) is 4.73. The number of benzene rings is 3. The largest absolute Gasteiger partial charge is 0.239 e. The fourth-order valence-electron chi connectivity index (χ4n) is 3.06. The Labute approximate surface area is 172 Å². The van der Waals surface area contributed by atoms with Gasteiger partial charge in [-0.1, -0.05) is 84.2 Å². The van der Waals surface area contributed by atoms with Crippen molar-refractivity contribution in [2.75, 3.05) is 0 Å². The Balaban J connectivity index is 1.58. The maximum atomic E-state index is 4.94. The Morgan fingerprint density at radius 3 is 1.25 bits per heavy atom. The monoisotopic (exact) mass is 396 g/mol. The quantitative estimate of drug-likeness (QED) is 0.303. The molecule has 0 bridgehead atoms. The molecule has 0 fully saturated rings. The first kappa shape index (κ1) is 17.3. The lowest BCUT2D eigenvalue weighted by Gasteiger charge is -2.07. The van der Waals surface area contributed by atoms with Crippen molar-refractivity contribution in [3.8, 4) is 0 Å². The number of pyridine rings is 2. The molecule has 0 saturated heterocycles. The highest BCUT2D eigenvalue weighted by molar-refractivity contribution is 7.99. The van der Waals surface area contributed by atoms with E-state index < -0.39 is 0 Å². The van der Waals surface area contributed by atoms with Crippen molar-refractivity contribution in [2.45, 2.75) is 19.8 Å². The molecule has 0 aliphatic heterocycles. The Morgan fingerprint density at radius 1 is 0.429 bits per heavy atom. The van der Waals surface area contributed by atoms with E-state index in [4.69, 9.17) is 9.97 Å². The molecule has 2 heterocycles. The van der Waals surface area contributed by atoms with E-state index in [2.05, 4.69) is 60.7 Å². The van der Waals surface area contributed by atoms with Crippen LogP contribution in [0.1, 0.15) is 0 Å². The summed E-state index contributed by atoms with van der Waals surface area (Å²) in [5.74, 6) is 0. The third-order valence-electron chi connectivity index (χ3n) is 4.40. The smallest absolute Gasteiger partial charge is 0.102 e. The molecule has 3 aromatic carbocycles. The normalized spacial score (nSPS) is 11.1. The van der Waals surface area contributed by atoms with Gasteiger partial charge in [0.1, 0.15) is 10.1 Å². The number of rotatable bonds is 4. The topological polar surface area (TPSA) is 25.8 Å². The van der Waals surface area contributed by atoms with Crippen molar-refractivity contribution in [1.29, 1.82) is 0 Å². The van der Waals surface area contributed by atoms with Gasteiger partial charge in [0.15, 0.2) is 0 Å². The second-order valence-corrected chi connectivity index (χ2v) is 8.53. The minimum Gasteiger partial charge on any atom is -0.239 e. The Hall–Kier alpha value is -2.82. The lowest BCUT2D eigenvalue weighted by molar-refractivity contribution is 1.16. The minimum absolute atomic E-state index is 0.953. The van der Waals surface area contributed by atoms with Crippen molar-refractivity contribution in [3.63, 3.8) is 0 Å². The third-order valence-corrected chi connectivity index (χ3v) is 6.29. The first-order chi connectivity index (χ1) is 13.8. The van der Waals surface area contributed by atoms with Gasteiger partial charge < -0.3 is 0 Å². The molecule has 5 aromatic rings. The fourth-order valence-corrected chi connectivity index (χ4v) is 4.68. The molecule has 5 rings (SSSR count). The summed E-state index contributed by atoms with van der Waals surface area (Å²) in [5.41, 5.74) is 1.91. The lowest BCUT2D eigenvalue weighted by Crippen LogP contribution is -1.89. The van der Waals surface area contributed by atoms with Crippen molar-refractivity contribution in [1.82, 2.24) is 9.97 Å². The van der Waals surface area contributed by atoms with Crippen LogP contribution in [0.15, 0.2) is 117 Å². The lowest BCUT2D eigenvalue weighted by atomic mass is 10.1. The van der Waals surface area contributed by atoms with Gasteiger partial charge in [-0.2, -0.15) is 0 Å². The van der Waals surface area contributed by atoms with E-state index in [-0.39, 0.29) is 0 Å². The van der Waals surface area contributed by atoms with Crippen molar-refractivity contribution in [2.24, 2.45) is 0 Å². The van der Waals surface area contributed by atoms with Gasteiger partial charge in [0.2, 0.25) is 0 Å². The summed E-state index contributed by atoms with van der Waals surface area (Å²) in [4.78, 5) is 12.2. The van der Waals surface area contributed by atoms with Crippen LogP contribution in [-0.4, -0.2) is 9.97 Å². The van der Waals surface area contributed by atoms with Crippen LogP contribution in [0.5, 0.6) is 0 Å². The molecule has 4 heteroatoms. The molecule has 0 aliphatic rings. The van der Waals surface area contributed by atoms with Crippen LogP contribution in [0, 0.1) is 0 Å². The molecule has 0 amide bonds. The van der Waals surface area contributed by atoms with Gasteiger partial charge in [0.25, 0.3) is 0 Å². The van der Waals surface area contributed by atoms with E-state index >= 15 is 0 Å². The van der Waals surface area contributed by atoms with Crippen LogP contribution in [0.2, 0.25) is 0 Å². The van der Waals surface area contributed by atoms with Gasteiger partial charge in [-0.15, -0.1) is 0 Å². The second-order valence-electron chi connectivity index (χ2n) is 6.34. The molecule has 0 saturated carbocycles. The molecule has 0 aliphatic carbocycles. The summed E-state index contributed by atoms with van der Waals surface area (Å²) in [6, 6.07) is 33.3. The number of aromatic nitrogens is 2. The molecule has 0 atom stereocenters. The highest BCUT2D eigenvalue weighted by Gasteiger charge is 2.08. The molecular formula is C24H16N2S2. The summed E-state index contributed by atoms with van der Waals surface area (Å²) in [6.07, 6.45) is 0. The highest BCUT2D eigenvalue weighted by Crippen LogP contribution is 2.32. The van der Waals surface area contributed by atoms with Crippen LogP contribution in [-0.2, 0) is 0 Å². The van der Waals surface area contributed by atoms with Gasteiger partial charge in [0, 0.05) is 20.6 Å². The molecule has 0 unspecified atom stereocenters. The summed E-state index contributed by atoms with van der Waals surface area (Å²) in [6.45, 7) is 0. The van der Waals surface area contributed by atoms with Crippen LogP contribution < -0.4 is 0 Å². The standard InChI is InChI=1S/C24H16N2S2/c1-3-7-19(8-4-1)27-21-15-13-17-11-12-18-14-16-22(26-24(18)23(17)25-21)28-20-9-5-2-6-10-20/h1-16H. The fraction of sp³-hybridized carbons (Fsp3) is 0. The number of hydrogen-bond donors (Lipinski definition) is 0. The summed E-state index contributed by atoms with van der Waals surface area (Å²) >= 11 is 3.35. The van der Waals surface area contributed by atoms with Crippen LogP contribution in [0.3, 0.4) is 0 Å². The van der Waals surface area contributed by atoms with E-state index in [9.17, 15) is 0 Å². The third kappa shape index (κ3) is 3.61.